The van der Waals surface area contributed by atoms with Gasteiger partial charge in [-0.2, -0.15) is 0 Å². The van der Waals surface area contributed by atoms with Gasteiger partial charge in [-0.3, -0.25) is 4.79 Å². The molecule has 0 aliphatic carbocycles. The van der Waals surface area contributed by atoms with E-state index in [1.807, 2.05) is 6.92 Å². The van der Waals surface area contributed by atoms with E-state index in [1.165, 1.54) is 12.1 Å². The molecule has 1 fully saturated rings. The van der Waals surface area contributed by atoms with Crippen molar-refractivity contribution >= 4 is 23.5 Å². The Labute approximate surface area is 120 Å². The number of nitrogens with one attached hydrogen (secondary N) is 1. The van der Waals surface area contributed by atoms with Gasteiger partial charge in [0.1, 0.15) is 6.10 Å². The lowest BCUT2D eigenvalue weighted by Gasteiger charge is -2.12. The van der Waals surface area contributed by atoms with E-state index in [0.717, 1.165) is 12.5 Å². The third-order valence-corrected chi connectivity index (χ3v) is 3.22. The van der Waals surface area contributed by atoms with E-state index in [0.29, 0.717) is 6.42 Å². The van der Waals surface area contributed by atoms with Gasteiger partial charge in [-0.05, 0) is 38.0 Å². The first kappa shape index (κ1) is 15.0. The Morgan fingerprint density at radius 1 is 1.10 bits per heavy atom. The van der Waals surface area contributed by atoms with Crippen molar-refractivity contribution in [1.82, 2.24) is 0 Å². The van der Waals surface area contributed by atoms with Gasteiger partial charge < -0.3 is 20.3 Å². The van der Waals surface area contributed by atoms with Crippen molar-refractivity contribution < 1.29 is 29.3 Å². The average Bonchev–Trinajstić information content (AvgIpc) is 2.85. The summed E-state index contributed by atoms with van der Waals surface area (Å²) < 4.78 is 5.41. The van der Waals surface area contributed by atoms with Crippen LogP contribution in [0.15, 0.2) is 18.2 Å². The average molecular weight is 293 g/mol. The molecule has 112 valence electrons. The van der Waals surface area contributed by atoms with Crippen LogP contribution >= 0.6 is 0 Å². The smallest absolute Gasteiger partial charge is 0.335 e. The molecule has 7 heteroatoms. The highest BCUT2D eigenvalue weighted by Crippen LogP contribution is 2.22. The molecular formula is C14H15NO6. The number of rotatable bonds is 4. The van der Waals surface area contributed by atoms with E-state index < -0.39 is 23.9 Å². The van der Waals surface area contributed by atoms with Crippen LogP contribution in [-0.4, -0.2) is 40.3 Å². The molecule has 0 aromatic heterocycles. The maximum absolute atomic E-state index is 12.0. The zero-order valence-electron chi connectivity index (χ0n) is 11.3. The standard InChI is InChI=1S/C14H15NO6/c1-7-2-3-11(21-7)12(16)15-10-5-8(13(17)18)4-9(6-10)14(19)20/h4-7,11H,2-3H2,1H3,(H,15,16)(H,17,18)(H,19,20). The third-order valence-electron chi connectivity index (χ3n) is 3.22. The first-order valence-corrected chi connectivity index (χ1v) is 6.45. The Morgan fingerprint density at radius 3 is 2.10 bits per heavy atom. The van der Waals surface area contributed by atoms with E-state index in [-0.39, 0.29) is 22.9 Å². The van der Waals surface area contributed by atoms with Gasteiger partial charge in [0.25, 0.3) is 5.91 Å². The highest BCUT2D eigenvalue weighted by Gasteiger charge is 2.28. The van der Waals surface area contributed by atoms with Gasteiger partial charge in [-0.15, -0.1) is 0 Å². The SMILES string of the molecule is CC1CCC(C(=O)Nc2cc(C(=O)O)cc(C(=O)O)c2)O1. The van der Waals surface area contributed by atoms with Gasteiger partial charge in [0, 0.05) is 5.69 Å². The summed E-state index contributed by atoms with van der Waals surface area (Å²) in [5.41, 5.74) is -0.280. The van der Waals surface area contributed by atoms with Crippen LogP contribution in [0.5, 0.6) is 0 Å². The highest BCUT2D eigenvalue weighted by molar-refractivity contribution is 5.99. The molecule has 2 rings (SSSR count). The molecule has 1 aromatic rings. The van der Waals surface area contributed by atoms with Crippen molar-refractivity contribution in [2.75, 3.05) is 5.32 Å². The van der Waals surface area contributed by atoms with Crippen LogP contribution in [0.2, 0.25) is 0 Å². The largest absolute Gasteiger partial charge is 0.478 e. The minimum Gasteiger partial charge on any atom is -0.478 e. The third kappa shape index (κ3) is 3.57. The molecule has 7 nitrogen and oxygen atoms in total. The first-order valence-electron chi connectivity index (χ1n) is 6.45. The van der Waals surface area contributed by atoms with Crippen LogP contribution in [0.25, 0.3) is 0 Å². The Kier molecular flexibility index (Phi) is 4.23. The molecule has 0 spiro atoms. The Balaban J connectivity index is 2.20. The first-order chi connectivity index (χ1) is 9.86. The number of ether oxygens (including phenoxy) is 1. The minimum absolute atomic E-state index is 0.000634. The summed E-state index contributed by atoms with van der Waals surface area (Å²) in [6.07, 6.45) is 0.757. The van der Waals surface area contributed by atoms with E-state index in [9.17, 15) is 14.4 Å². The Hall–Kier alpha value is -2.41. The molecule has 1 aliphatic heterocycles. The molecule has 1 heterocycles. The Morgan fingerprint density at radius 2 is 1.67 bits per heavy atom. The van der Waals surface area contributed by atoms with Crippen LogP contribution in [0.1, 0.15) is 40.5 Å². The molecular weight excluding hydrogens is 278 g/mol. The number of carboxylic acids is 2. The Bertz CT molecular complexity index is 565. The number of aromatic carboxylic acids is 2. The lowest BCUT2D eigenvalue weighted by molar-refractivity contribution is -0.126. The monoisotopic (exact) mass is 293 g/mol. The summed E-state index contributed by atoms with van der Waals surface area (Å²) in [6, 6.07) is 3.46. The van der Waals surface area contributed by atoms with Crippen molar-refractivity contribution in [3.63, 3.8) is 0 Å². The maximum atomic E-state index is 12.0. The quantitative estimate of drug-likeness (QED) is 0.777. The number of carboxylic acid groups (broad SMARTS) is 2. The van der Waals surface area contributed by atoms with Crippen LogP contribution in [-0.2, 0) is 9.53 Å². The van der Waals surface area contributed by atoms with Crippen molar-refractivity contribution in [3.8, 4) is 0 Å². The van der Waals surface area contributed by atoms with Gasteiger partial charge in [-0.1, -0.05) is 0 Å². The number of carbonyl (C=O) groups is 3. The predicted molar refractivity (Wildman–Crippen MR) is 72.6 cm³/mol. The fourth-order valence-corrected chi connectivity index (χ4v) is 2.16. The summed E-state index contributed by atoms with van der Waals surface area (Å²) in [5.74, 6) is -2.93. The molecule has 1 saturated heterocycles. The predicted octanol–water partition coefficient (Wildman–Crippen LogP) is 1.59. The second kappa shape index (κ2) is 5.92. The molecule has 3 N–H and O–H groups in total. The van der Waals surface area contributed by atoms with E-state index in [2.05, 4.69) is 5.32 Å². The topological polar surface area (TPSA) is 113 Å². The van der Waals surface area contributed by atoms with Gasteiger partial charge in [0.05, 0.1) is 17.2 Å². The van der Waals surface area contributed by atoms with Crippen LogP contribution < -0.4 is 5.32 Å². The van der Waals surface area contributed by atoms with Crippen LogP contribution in [0.3, 0.4) is 0 Å². The van der Waals surface area contributed by atoms with E-state index >= 15 is 0 Å². The molecule has 1 aliphatic rings. The fraction of sp³-hybridized carbons (Fsp3) is 0.357. The summed E-state index contributed by atoms with van der Waals surface area (Å²) in [4.78, 5) is 34.0. The second-order valence-corrected chi connectivity index (χ2v) is 4.91. The van der Waals surface area contributed by atoms with Crippen molar-refractivity contribution in [3.05, 3.63) is 29.3 Å². The summed E-state index contributed by atoms with van der Waals surface area (Å²) in [7, 11) is 0. The van der Waals surface area contributed by atoms with Crippen molar-refractivity contribution in [1.29, 1.82) is 0 Å². The normalized spacial score (nSPS) is 21.0. The number of carbonyl (C=O) groups excluding carboxylic acids is 1. The molecule has 2 atom stereocenters. The number of anilines is 1. The minimum atomic E-state index is -1.26. The molecule has 2 unspecified atom stereocenters. The molecule has 0 radical (unpaired) electrons. The number of hydrogen-bond acceptors (Lipinski definition) is 4. The number of amides is 1. The van der Waals surface area contributed by atoms with Gasteiger partial charge in [0.2, 0.25) is 0 Å². The van der Waals surface area contributed by atoms with Gasteiger partial charge in [-0.25, -0.2) is 9.59 Å². The summed E-state index contributed by atoms with van der Waals surface area (Å²) in [5, 5.41) is 20.4. The van der Waals surface area contributed by atoms with E-state index in [4.69, 9.17) is 14.9 Å². The summed E-state index contributed by atoms with van der Waals surface area (Å²) in [6.45, 7) is 1.86. The van der Waals surface area contributed by atoms with Crippen LogP contribution in [0.4, 0.5) is 5.69 Å². The lowest BCUT2D eigenvalue weighted by atomic mass is 10.1. The van der Waals surface area contributed by atoms with Gasteiger partial charge in [0.15, 0.2) is 0 Å². The van der Waals surface area contributed by atoms with E-state index in [1.54, 1.807) is 0 Å². The van der Waals surface area contributed by atoms with Crippen molar-refractivity contribution in [2.45, 2.75) is 32.0 Å². The van der Waals surface area contributed by atoms with Crippen molar-refractivity contribution in [2.24, 2.45) is 0 Å². The number of benzene rings is 1. The summed E-state index contributed by atoms with van der Waals surface area (Å²) >= 11 is 0. The molecule has 21 heavy (non-hydrogen) atoms. The zero-order chi connectivity index (χ0) is 15.6. The fourth-order valence-electron chi connectivity index (χ4n) is 2.16. The lowest BCUT2D eigenvalue weighted by Crippen LogP contribution is -2.27. The zero-order valence-corrected chi connectivity index (χ0v) is 11.3. The molecule has 0 bridgehead atoms. The number of hydrogen-bond donors (Lipinski definition) is 3. The van der Waals surface area contributed by atoms with Gasteiger partial charge >= 0.3 is 11.9 Å². The second-order valence-electron chi connectivity index (χ2n) is 4.91. The molecule has 1 aromatic carbocycles. The molecule has 0 saturated carbocycles. The molecule has 1 amide bonds. The highest BCUT2D eigenvalue weighted by atomic mass is 16.5. The maximum Gasteiger partial charge on any atom is 0.335 e. The van der Waals surface area contributed by atoms with Crippen LogP contribution in [0, 0.1) is 0 Å².